The summed E-state index contributed by atoms with van der Waals surface area (Å²) in [4.78, 5) is 11.1. The molecule has 1 aliphatic heterocycles. The Labute approximate surface area is 91.1 Å². The quantitative estimate of drug-likeness (QED) is 0.291. The van der Waals surface area contributed by atoms with Crippen molar-refractivity contribution in [3.63, 3.8) is 0 Å². The molecule has 1 aliphatic rings. The van der Waals surface area contributed by atoms with Crippen LogP contribution in [0.25, 0.3) is 0 Å². The van der Waals surface area contributed by atoms with Crippen LogP contribution in [0.15, 0.2) is 0 Å². The number of hydrogen-bond acceptors (Lipinski definition) is 3. The molecule has 1 fully saturated rings. The highest BCUT2D eigenvalue weighted by Crippen LogP contribution is 2.28. The summed E-state index contributed by atoms with van der Waals surface area (Å²) in [6.45, 7) is 8.57. The second kappa shape index (κ2) is 3.98. The second-order valence-corrected chi connectivity index (χ2v) is 5.62. The fourth-order valence-corrected chi connectivity index (χ4v) is 2.65. The van der Waals surface area contributed by atoms with Crippen LogP contribution < -0.4 is 21.9 Å². The Bertz CT molecular complexity index is 234. The van der Waals surface area contributed by atoms with Crippen LogP contribution in [0.5, 0.6) is 0 Å². The Balaban J connectivity index is 2.63. The molecule has 1 saturated heterocycles. The summed E-state index contributed by atoms with van der Waals surface area (Å²) in [5.74, 6) is 5.05. The lowest BCUT2D eigenvalue weighted by Crippen LogP contribution is -2.63. The molecular formula is C10H22N4O. The van der Waals surface area contributed by atoms with Crippen LogP contribution >= 0.6 is 0 Å². The number of hydrazine groups is 1. The summed E-state index contributed by atoms with van der Waals surface area (Å²) in [5, 5.41) is 6.41. The molecule has 0 saturated carbocycles. The largest absolute Gasteiger partial charge is 0.334 e. The van der Waals surface area contributed by atoms with Crippen LogP contribution in [-0.2, 0) is 0 Å². The third kappa shape index (κ3) is 3.68. The van der Waals surface area contributed by atoms with E-state index in [-0.39, 0.29) is 23.2 Å². The van der Waals surface area contributed by atoms with Crippen LogP contribution in [0, 0.1) is 0 Å². The van der Waals surface area contributed by atoms with Crippen molar-refractivity contribution >= 4 is 6.03 Å². The average molecular weight is 214 g/mol. The van der Waals surface area contributed by atoms with Gasteiger partial charge >= 0.3 is 6.03 Å². The topological polar surface area (TPSA) is 79.2 Å². The molecule has 0 aromatic rings. The molecule has 2 amide bonds. The van der Waals surface area contributed by atoms with Crippen molar-refractivity contribution in [3.8, 4) is 0 Å². The third-order valence-corrected chi connectivity index (χ3v) is 2.66. The van der Waals surface area contributed by atoms with E-state index in [0.717, 1.165) is 12.8 Å². The minimum Gasteiger partial charge on any atom is -0.334 e. The Morgan fingerprint density at radius 2 is 1.73 bits per heavy atom. The molecular weight excluding hydrogens is 192 g/mol. The lowest BCUT2D eigenvalue weighted by Gasteiger charge is -2.46. The summed E-state index contributed by atoms with van der Waals surface area (Å²) in [5.41, 5.74) is 2.17. The SMILES string of the molecule is CC1(C)CC(NC(=O)NN)CC(C)(C)N1. The van der Waals surface area contributed by atoms with Gasteiger partial charge < -0.3 is 10.6 Å². The predicted octanol–water partition coefficient (Wildman–Crippen LogP) is 0.469. The van der Waals surface area contributed by atoms with Gasteiger partial charge in [0.05, 0.1) is 0 Å². The maximum atomic E-state index is 11.1. The van der Waals surface area contributed by atoms with E-state index in [1.807, 2.05) is 0 Å². The Morgan fingerprint density at radius 3 is 2.13 bits per heavy atom. The summed E-state index contributed by atoms with van der Waals surface area (Å²) >= 11 is 0. The number of carbonyl (C=O) groups is 1. The van der Waals surface area contributed by atoms with Crippen molar-refractivity contribution < 1.29 is 4.79 Å². The summed E-state index contributed by atoms with van der Waals surface area (Å²) in [7, 11) is 0. The first kappa shape index (κ1) is 12.3. The van der Waals surface area contributed by atoms with Gasteiger partial charge in [-0.15, -0.1) is 0 Å². The Kier molecular flexibility index (Phi) is 3.25. The Hall–Kier alpha value is -0.810. The van der Waals surface area contributed by atoms with Crippen molar-refractivity contribution in [2.24, 2.45) is 5.84 Å². The van der Waals surface area contributed by atoms with Crippen LogP contribution in [0.3, 0.4) is 0 Å². The molecule has 0 aromatic heterocycles. The molecule has 0 aliphatic carbocycles. The number of carbonyl (C=O) groups excluding carboxylic acids is 1. The average Bonchev–Trinajstić information content (AvgIpc) is 1.97. The maximum absolute atomic E-state index is 11.1. The summed E-state index contributed by atoms with van der Waals surface area (Å²) < 4.78 is 0. The zero-order chi connectivity index (χ0) is 11.7. The third-order valence-electron chi connectivity index (χ3n) is 2.66. The molecule has 88 valence electrons. The van der Waals surface area contributed by atoms with E-state index < -0.39 is 0 Å². The van der Waals surface area contributed by atoms with Gasteiger partial charge in [-0.05, 0) is 40.5 Å². The van der Waals surface area contributed by atoms with Crippen molar-refractivity contribution in [3.05, 3.63) is 0 Å². The lowest BCUT2D eigenvalue weighted by molar-refractivity contribution is 0.147. The molecule has 15 heavy (non-hydrogen) atoms. The van der Waals surface area contributed by atoms with Gasteiger partial charge in [-0.3, -0.25) is 5.43 Å². The molecule has 0 radical (unpaired) electrons. The van der Waals surface area contributed by atoms with Crippen LogP contribution in [-0.4, -0.2) is 23.2 Å². The molecule has 0 unspecified atom stereocenters. The number of rotatable bonds is 1. The maximum Gasteiger partial charge on any atom is 0.329 e. The predicted molar refractivity (Wildman–Crippen MR) is 60.2 cm³/mol. The fraction of sp³-hybridized carbons (Fsp3) is 0.900. The van der Waals surface area contributed by atoms with Gasteiger partial charge in [-0.1, -0.05) is 0 Å². The number of nitrogens with two attached hydrogens (primary N) is 1. The van der Waals surface area contributed by atoms with Crippen molar-refractivity contribution in [1.82, 2.24) is 16.1 Å². The van der Waals surface area contributed by atoms with Gasteiger partial charge in [0, 0.05) is 17.1 Å². The fourth-order valence-electron chi connectivity index (χ4n) is 2.65. The molecule has 5 heteroatoms. The monoisotopic (exact) mass is 214 g/mol. The van der Waals surface area contributed by atoms with Gasteiger partial charge in [0.2, 0.25) is 0 Å². The molecule has 5 N–H and O–H groups in total. The molecule has 1 rings (SSSR count). The highest BCUT2D eigenvalue weighted by atomic mass is 16.2. The minimum atomic E-state index is -0.312. The smallest absolute Gasteiger partial charge is 0.329 e. The Morgan fingerprint density at radius 1 is 1.27 bits per heavy atom. The number of piperidine rings is 1. The summed E-state index contributed by atoms with van der Waals surface area (Å²) in [6, 6.07) is -0.145. The molecule has 0 atom stereocenters. The van der Waals surface area contributed by atoms with Gasteiger partial charge in [0.1, 0.15) is 0 Å². The number of hydrogen-bond donors (Lipinski definition) is 4. The normalized spacial score (nSPS) is 24.6. The van der Waals surface area contributed by atoms with E-state index >= 15 is 0 Å². The van der Waals surface area contributed by atoms with Gasteiger partial charge in [-0.25, -0.2) is 10.6 Å². The molecule has 5 nitrogen and oxygen atoms in total. The van der Waals surface area contributed by atoms with E-state index in [1.54, 1.807) is 0 Å². The van der Waals surface area contributed by atoms with Gasteiger partial charge in [0.15, 0.2) is 0 Å². The van der Waals surface area contributed by atoms with E-state index in [0.29, 0.717) is 0 Å². The molecule has 1 heterocycles. The lowest BCUT2D eigenvalue weighted by atomic mass is 9.80. The number of urea groups is 1. The van der Waals surface area contributed by atoms with E-state index in [9.17, 15) is 4.79 Å². The standard InChI is InChI=1S/C10H22N4O/c1-9(2)5-7(12-8(15)13-11)6-10(3,4)14-9/h7,14H,5-6,11H2,1-4H3,(H2,12,13,15). The molecule has 0 bridgehead atoms. The first-order valence-corrected chi connectivity index (χ1v) is 5.31. The highest BCUT2D eigenvalue weighted by molar-refractivity contribution is 5.73. The van der Waals surface area contributed by atoms with Crippen molar-refractivity contribution in [2.75, 3.05) is 0 Å². The van der Waals surface area contributed by atoms with E-state index in [4.69, 9.17) is 5.84 Å². The van der Waals surface area contributed by atoms with Crippen LogP contribution in [0.1, 0.15) is 40.5 Å². The van der Waals surface area contributed by atoms with Gasteiger partial charge in [-0.2, -0.15) is 0 Å². The van der Waals surface area contributed by atoms with Crippen LogP contribution in [0.2, 0.25) is 0 Å². The highest BCUT2D eigenvalue weighted by Gasteiger charge is 2.37. The van der Waals surface area contributed by atoms with E-state index in [2.05, 4.69) is 43.8 Å². The van der Waals surface area contributed by atoms with Crippen molar-refractivity contribution in [2.45, 2.75) is 57.7 Å². The zero-order valence-corrected chi connectivity index (χ0v) is 9.98. The molecule has 0 spiro atoms. The van der Waals surface area contributed by atoms with E-state index in [1.165, 1.54) is 0 Å². The number of amides is 2. The second-order valence-electron chi connectivity index (χ2n) is 5.62. The van der Waals surface area contributed by atoms with Crippen molar-refractivity contribution in [1.29, 1.82) is 0 Å². The number of nitrogens with one attached hydrogen (secondary N) is 3. The zero-order valence-electron chi connectivity index (χ0n) is 9.98. The molecule has 0 aromatic carbocycles. The first-order valence-electron chi connectivity index (χ1n) is 5.31. The minimum absolute atomic E-state index is 0.0360. The first-order chi connectivity index (χ1) is 6.74. The summed E-state index contributed by atoms with van der Waals surface area (Å²) in [6.07, 6.45) is 1.81. The van der Waals surface area contributed by atoms with Crippen LogP contribution in [0.4, 0.5) is 4.79 Å². The van der Waals surface area contributed by atoms with Gasteiger partial charge in [0.25, 0.3) is 0 Å².